The van der Waals surface area contributed by atoms with Crippen LogP contribution in [0.15, 0.2) is 261 Å². The summed E-state index contributed by atoms with van der Waals surface area (Å²) in [6.07, 6.45) is 7.80. The summed E-state index contributed by atoms with van der Waals surface area (Å²) in [7, 11) is 0. The normalized spacial score (nSPS) is 13.6. The number of fused-ring (bicyclic) bond motifs is 5. The fourth-order valence-corrected chi connectivity index (χ4v) is 10.1. The molecule has 12 rings (SSSR count). The SMILES string of the molecule is C1=CC(c2ccccc2)CC(c2ccc(N(c3ccc(-c4ccc(-c5ccccc5)cc4)cc3)c3cccc(-c4cc5ccccc5c5c4c4ccccc4n5-c4ccccc4)c3)cc2)=C1. The maximum atomic E-state index is 2.45. The van der Waals surface area contributed by atoms with E-state index in [0.29, 0.717) is 5.92 Å². The Bertz CT molecular complexity index is 3560. The average molecular weight is 843 g/mol. The van der Waals surface area contributed by atoms with Crippen molar-refractivity contribution in [1.29, 1.82) is 0 Å². The lowest BCUT2D eigenvalue weighted by molar-refractivity contribution is 0.867. The van der Waals surface area contributed by atoms with Gasteiger partial charge in [-0.1, -0.05) is 200 Å². The van der Waals surface area contributed by atoms with Crippen LogP contribution in [0.1, 0.15) is 23.5 Å². The van der Waals surface area contributed by atoms with E-state index in [2.05, 4.69) is 270 Å². The highest BCUT2D eigenvalue weighted by Gasteiger charge is 2.21. The molecule has 0 aliphatic heterocycles. The Morgan fingerprint density at radius 3 is 1.65 bits per heavy atom. The summed E-state index contributed by atoms with van der Waals surface area (Å²) in [5.41, 5.74) is 18.0. The molecule has 66 heavy (non-hydrogen) atoms. The Labute approximate surface area is 386 Å². The van der Waals surface area contributed by atoms with Crippen molar-refractivity contribution < 1.29 is 0 Å². The molecule has 0 bridgehead atoms. The summed E-state index contributed by atoms with van der Waals surface area (Å²) in [5, 5.41) is 4.95. The van der Waals surface area contributed by atoms with E-state index >= 15 is 0 Å². The number of hydrogen-bond acceptors (Lipinski definition) is 1. The third kappa shape index (κ3) is 7.19. The molecule has 0 fully saturated rings. The highest BCUT2D eigenvalue weighted by atomic mass is 15.1. The zero-order valence-corrected chi connectivity index (χ0v) is 36.5. The number of rotatable bonds is 9. The molecule has 0 amide bonds. The van der Waals surface area contributed by atoms with Crippen LogP contribution in [-0.2, 0) is 0 Å². The predicted molar refractivity (Wildman–Crippen MR) is 280 cm³/mol. The monoisotopic (exact) mass is 842 g/mol. The van der Waals surface area contributed by atoms with Crippen LogP contribution in [0.4, 0.5) is 17.1 Å². The minimum Gasteiger partial charge on any atom is -0.310 e. The molecule has 0 saturated heterocycles. The maximum absolute atomic E-state index is 2.45. The van der Waals surface area contributed by atoms with Crippen LogP contribution >= 0.6 is 0 Å². The molecule has 0 saturated carbocycles. The molecule has 2 nitrogen and oxygen atoms in total. The third-order valence-corrected chi connectivity index (χ3v) is 13.3. The smallest absolute Gasteiger partial charge is 0.0625 e. The van der Waals surface area contributed by atoms with Gasteiger partial charge in [-0.2, -0.15) is 0 Å². The topological polar surface area (TPSA) is 8.17 Å². The van der Waals surface area contributed by atoms with Gasteiger partial charge in [0.2, 0.25) is 0 Å². The van der Waals surface area contributed by atoms with Gasteiger partial charge in [0.25, 0.3) is 0 Å². The van der Waals surface area contributed by atoms with Crippen molar-refractivity contribution in [1.82, 2.24) is 4.57 Å². The van der Waals surface area contributed by atoms with E-state index < -0.39 is 0 Å². The molecule has 1 aromatic heterocycles. The summed E-state index contributed by atoms with van der Waals surface area (Å²) in [6.45, 7) is 0. The molecule has 1 unspecified atom stereocenters. The van der Waals surface area contributed by atoms with Gasteiger partial charge in [-0.3, -0.25) is 0 Å². The molecular weight excluding hydrogens is 797 g/mol. The molecule has 11 aromatic rings. The lowest BCUT2D eigenvalue weighted by Gasteiger charge is -2.27. The van der Waals surface area contributed by atoms with Gasteiger partial charge >= 0.3 is 0 Å². The number of allylic oxidation sites excluding steroid dienone is 4. The zero-order valence-electron chi connectivity index (χ0n) is 36.5. The average Bonchev–Trinajstić information content (AvgIpc) is 3.76. The number of nitrogens with zero attached hydrogens (tertiary/aromatic N) is 2. The number of anilines is 3. The van der Waals surface area contributed by atoms with Crippen molar-refractivity contribution in [2.24, 2.45) is 0 Å². The van der Waals surface area contributed by atoms with Crippen molar-refractivity contribution in [2.75, 3.05) is 4.90 Å². The van der Waals surface area contributed by atoms with E-state index in [1.165, 1.54) is 82.7 Å². The molecule has 1 aliphatic carbocycles. The van der Waals surface area contributed by atoms with Crippen molar-refractivity contribution in [3.63, 3.8) is 0 Å². The summed E-state index contributed by atoms with van der Waals surface area (Å²) in [4.78, 5) is 2.41. The molecule has 1 heterocycles. The Kier molecular flexibility index (Phi) is 10.0. The van der Waals surface area contributed by atoms with Gasteiger partial charge in [-0.05, 0) is 123 Å². The van der Waals surface area contributed by atoms with Crippen molar-refractivity contribution >= 4 is 55.2 Å². The molecule has 1 aliphatic rings. The largest absolute Gasteiger partial charge is 0.310 e. The second kappa shape index (κ2) is 16.9. The first kappa shape index (κ1) is 39.2. The first-order valence-electron chi connectivity index (χ1n) is 22.9. The fraction of sp³-hybridized carbons (Fsp3) is 0.0312. The second-order valence-corrected chi connectivity index (χ2v) is 17.3. The van der Waals surface area contributed by atoms with Crippen LogP contribution in [-0.4, -0.2) is 4.57 Å². The van der Waals surface area contributed by atoms with Crippen LogP contribution in [0.5, 0.6) is 0 Å². The standard InChI is InChI=1S/C64H46N2/c1-4-16-45(17-5-1)47-30-32-48(33-31-47)49-34-38-56(39-35-49)65(57-40-36-50(37-41-57)52-22-14-21-51(42-52)46-18-6-2-7-19-46)58-26-15-23-53(43-58)61-44-54-20-10-11-27-59(54)64-63(61)60-28-12-13-29-62(60)66(64)55-24-8-3-9-25-55/h1-41,43-44,51H,42H2. The predicted octanol–water partition coefficient (Wildman–Crippen LogP) is 17.5. The second-order valence-electron chi connectivity index (χ2n) is 17.3. The highest BCUT2D eigenvalue weighted by molar-refractivity contribution is 6.24. The Balaban J connectivity index is 0.976. The van der Waals surface area contributed by atoms with Crippen LogP contribution < -0.4 is 4.90 Å². The van der Waals surface area contributed by atoms with E-state index in [4.69, 9.17) is 0 Å². The van der Waals surface area contributed by atoms with Crippen LogP contribution in [0, 0.1) is 0 Å². The number of para-hydroxylation sites is 2. The van der Waals surface area contributed by atoms with Crippen molar-refractivity contribution in [3.05, 3.63) is 272 Å². The van der Waals surface area contributed by atoms with Gasteiger partial charge in [0.05, 0.1) is 11.0 Å². The van der Waals surface area contributed by atoms with Gasteiger partial charge < -0.3 is 9.47 Å². The Hall–Kier alpha value is -8.46. The Morgan fingerprint density at radius 1 is 0.409 bits per heavy atom. The maximum Gasteiger partial charge on any atom is 0.0625 e. The van der Waals surface area contributed by atoms with E-state index in [-0.39, 0.29) is 0 Å². The highest BCUT2D eigenvalue weighted by Crippen LogP contribution is 2.45. The zero-order chi connectivity index (χ0) is 43.8. The molecule has 1 atom stereocenters. The summed E-state index contributed by atoms with van der Waals surface area (Å²) in [5.74, 6) is 0.362. The van der Waals surface area contributed by atoms with Gasteiger partial charge in [0.1, 0.15) is 0 Å². The van der Waals surface area contributed by atoms with Crippen molar-refractivity contribution in [3.8, 4) is 39.1 Å². The van der Waals surface area contributed by atoms with E-state index in [9.17, 15) is 0 Å². The molecule has 0 radical (unpaired) electrons. The molecule has 0 spiro atoms. The van der Waals surface area contributed by atoms with Gasteiger partial charge in [-0.25, -0.2) is 0 Å². The summed E-state index contributed by atoms with van der Waals surface area (Å²) < 4.78 is 2.45. The summed E-state index contributed by atoms with van der Waals surface area (Å²) in [6, 6.07) is 88.5. The van der Waals surface area contributed by atoms with Crippen LogP contribution in [0.25, 0.3) is 77.2 Å². The molecule has 2 heteroatoms. The number of hydrogen-bond donors (Lipinski definition) is 0. The van der Waals surface area contributed by atoms with Gasteiger partial charge in [0, 0.05) is 44.8 Å². The van der Waals surface area contributed by atoms with E-state index in [1.807, 2.05) is 0 Å². The third-order valence-electron chi connectivity index (χ3n) is 13.3. The number of benzene rings is 10. The van der Waals surface area contributed by atoms with Gasteiger partial charge in [-0.15, -0.1) is 0 Å². The first-order valence-corrected chi connectivity index (χ1v) is 22.9. The lowest BCUT2D eigenvalue weighted by Crippen LogP contribution is -2.10. The minimum absolute atomic E-state index is 0.362. The first-order chi connectivity index (χ1) is 32.7. The van der Waals surface area contributed by atoms with Crippen LogP contribution in [0.2, 0.25) is 0 Å². The fourth-order valence-electron chi connectivity index (χ4n) is 10.1. The Morgan fingerprint density at radius 2 is 0.955 bits per heavy atom. The van der Waals surface area contributed by atoms with E-state index in [0.717, 1.165) is 29.2 Å². The molecule has 0 N–H and O–H groups in total. The van der Waals surface area contributed by atoms with E-state index in [1.54, 1.807) is 0 Å². The van der Waals surface area contributed by atoms with Crippen LogP contribution in [0.3, 0.4) is 0 Å². The number of aromatic nitrogens is 1. The van der Waals surface area contributed by atoms with Crippen molar-refractivity contribution in [2.45, 2.75) is 12.3 Å². The molecule has 312 valence electrons. The van der Waals surface area contributed by atoms with Gasteiger partial charge in [0.15, 0.2) is 0 Å². The molecule has 10 aromatic carbocycles. The molecular formula is C64H46N2. The summed E-state index contributed by atoms with van der Waals surface area (Å²) >= 11 is 0. The quantitative estimate of drug-likeness (QED) is 0.141. The lowest BCUT2D eigenvalue weighted by atomic mass is 9.85. The minimum atomic E-state index is 0.362.